The molecule has 3 aromatic rings. The minimum atomic E-state index is 0.611. The Morgan fingerprint density at radius 1 is 0.900 bits per heavy atom. The molecule has 0 bridgehead atoms. The molecule has 1 aromatic heterocycles. The molecule has 0 aliphatic rings. The maximum absolute atomic E-state index is 4.81. The summed E-state index contributed by atoms with van der Waals surface area (Å²) in [5, 5.41) is 6.50. The Balaban J connectivity index is 0.000000335. The van der Waals surface area contributed by atoms with Crippen LogP contribution in [0.25, 0.3) is 0 Å². The number of rotatable bonds is 11. The Morgan fingerprint density at radius 3 is 1.97 bits per heavy atom. The van der Waals surface area contributed by atoms with E-state index in [1.807, 2.05) is 6.07 Å². The summed E-state index contributed by atoms with van der Waals surface area (Å²) < 4.78 is 4.81. The Hall–Kier alpha value is -2.43. The summed E-state index contributed by atoms with van der Waals surface area (Å²) >= 11 is 0. The van der Waals surface area contributed by atoms with Gasteiger partial charge in [-0.1, -0.05) is 86.8 Å². The van der Waals surface area contributed by atoms with E-state index in [4.69, 9.17) is 4.74 Å². The van der Waals surface area contributed by atoms with Crippen molar-refractivity contribution in [2.45, 2.75) is 65.3 Å². The van der Waals surface area contributed by atoms with Crippen LogP contribution in [0, 0.1) is 0 Å². The van der Waals surface area contributed by atoms with Gasteiger partial charge in [0.05, 0.1) is 12.3 Å². The summed E-state index contributed by atoms with van der Waals surface area (Å²) in [5.41, 5.74) is 3.81. The number of unbranched alkanes of at least 4 members (excludes halogenated alkanes) is 2. The third kappa shape index (κ3) is 9.38. The highest BCUT2D eigenvalue weighted by Gasteiger charge is 2.14. The number of H-pyrrole nitrogens is 1. The fourth-order valence-corrected chi connectivity index (χ4v) is 3.40. The molecule has 1 unspecified atom stereocenters. The summed E-state index contributed by atoms with van der Waals surface area (Å²) in [4.78, 5) is 2.61. The van der Waals surface area contributed by atoms with Gasteiger partial charge in [0.2, 0.25) is 0 Å². The molecule has 3 rings (SSSR count). The molecule has 1 heterocycles. The van der Waals surface area contributed by atoms with Gasteiger partial charge in [-0.2, -0.15) is 5.10 Å². The monoisotopic (exact) mass is 407 g/mol. The van der Waals surface area contributed by atoms with E-state index in [2.05, 4.69) is 89.6 Å². The molecule has 0 aliphatic heterocycles. The fraction of sp³-hybridized carbons (Fsp3) is 0.423. The van der Waals surface area contributed by atoms with Crippen molar-refractivity contribution in [1.29, 1.82) is 0 Å². The van der Waals surface area contributed by atoms with Crippen molar-refractivity contribution in [3.05, 3.63) is 89.7 Å². The molecule has 0 fully saturated rings. The topological polar surface area (TPSA) is 41.1 Å². The zero-order valence-electron chi connectivity index (χ0n) is 18.8. The lowest BCUT2D eigenvalue weighted by atomic mass is 10.1. The largest absolute Gasteiger partial charge is 0.378 e. The van der Waals surface area contributed by atoms with E-state index >= 15 is 0 Å². The average Bonchev–Trinajstić information content (AvgIpc) is 3.29. The van der Waals surface area contributed by atoms with Gasteiger partial charge in [0.25, 0.3) is 0 Å². The maximum atomic E-state index is 4.81. The Bertz CT molecular complexity index is 718. The molecule has 0 aliphatic carbocycles. The highest BCUT2D eigenvalue weighted by atomic mass is 16.5. The van der Waals surface area contributed by atoms with Gasteiger partial charge in [0.15, 0.2) is 0 Å². The molecular formula is C26H37N3O. The van der Waals surface area contributed by atoms with Crippen molar-refractivity contribution in [2.75, 3.05) is 7.11 Å². The van der Waals surface area contributed by atoms with Crippen LogP contribution in [-0.4, -0.2) is 28.2 Å². The highest BCUT2D eigenvalue weighted by Crippen LogP contribution is 2.17. The molecule has 4 heteroatoms. The van der Waals surface area contributed by atoms with Gasteiger partial charge in [-0.05, 0) is 30.5 Å². The maximum Gasteiger partial charge on any atom is 0.0878 e. The number of aromatic amines is 1. The number of nitrogens with one attached hydrogen (secondary N) is 1. The molecule has 1 N–H and O–H groups in total. The van der Waals surface area contributed by atoms with Gasteiger partial charge < -0.3 is 4.74 Å². The first kappa shape index (κ1) is 23.8. The zero-order chi connectivity index (χ0) is 21.4. The zero-order valence-corrected chi connectivity index (χ0v) is 18.8. The summed E-state index contributed by atoms with van der Waals surface area (Å²) in [6.45, 7) is 7.32. The molecule has 0 amide bonds. The van der Waals surface area contributed by atoms with E-state index in [9.17, 15) is 0 Å². The smallest absolute Gasteiger partial charge is 0.0878 e. The molecule has 0 radical (unpaired) electrons. The average molecular weight is 408 g/mol. The van der Waals surface area contributed by atoms with E-state index in [0.717, 1.165) is 18.8 Å². The van der Waals surface area contributed by atoms with Crippen molar-refractivity contribution >= 4 is 0 Å². The standard InChI is InChI=1S/C21H29N.C5H8N2O/c1-3-4-7-12-19(2)22(17-20-13-8-5-9-14-20)18-21-15-10-6-11-16-21;1-8-4-5-2-3-6-7-5/h5-6,8-11,13-16,19H,3-4,7,12,17-18H2,1-2H3;2-3H,4H2,1H3,(H,6,7). The first-order chi connectivity index (χ1) is 14.7. The van der Waals surface area contributed by atoms with Crippen LogP contribution in [0.15, 0.2) is 72.9 Å². The van der Waals surface area contributed by atoms with E-state index in [1.165, 1.54) is 36.8 Å². The number of benzene rings is 2. The van der Waals surface area contributed by atoms with Crippen molar-refractivity contribution in [2.24, 2.45) is 0 Å². The van der Waals surface area contributed by atoms with Crippen LogP contribution < -0.4 is 0 Å². The van der Waals surface area contributed by atoms with Gasteiger partial charge in [0.1, 0.15) is 0 Å². The highest BCUT2D eigenvalue weighted by molar-refractivity contribution is 5.17. The molecule has 30 heavy (non-hydrogen) atoms. The molecule has 4 nitrogen and oxygen atoms in total. The number of ether oxygens (including phenoxy) is 1. The van der Waals surface area contributed by atoms with Crippen molar-refractivity contribution in [3.63, 3.8) is 0 Å². The quantitative estimate of drug-likeness (QED) is 0.384. The number of nitrogens with zero attached hydrogens (tertiary/aromatic N) is 2. The Morgan fingerprint density at radius 2 is 1.50 bits per heavy atom. The molecular weight excluding hydrogens is 370 g/mol. The van der Waals surface area contributed by atoms with Crippen LogP contribution in [-0.2, 0) is 24.4 Å². The second kappa shape index (κ2) is 14.5. The predicted molar refractivity (Wildman–Crippen MR) is 125 cm³/mol. The lowest BCUT2D eigenvalue weighted by molar-refractivity contribution is 0.178. The van der Waals surface area contributed by atoms with E-state index in [-0.39, 0.29) is 0 Å². The number of hydrogen-bond acceptors (Lipinski definition) is 3. The first-order valence-corrected chi connectivity index (χ1v) is 11.0. The number of hydrogen-bond donors (Lipinski definition) is 1. The fourth-order valence-electron chi connectivity index (χ4n) is 3.40. The van der Waals surface area contributed by atoms with Crippen molar-refractivity contribution in [1.82, 2.24) is 15.1 Å². The van der Waals surface area contributed by atoms with E-state index in [0.29, 0.717) is 12.6 Å². The lowest BCUT2D eigenvalue weighted by Gasteiger charge is -2.29. The molecule has 0 saturated heterocycles. The third-order valence-electron chi connectivity index (χ3n) is 5.16. The van der Waals surface area contributed by atoms with E-state index in [1.54, 1.807) is 13.3 Å². The van der Waals surface area contributed by atoms with Gasteiger partial charge in [0, 0.05) is 32.4 Å². The Kier molecular flexibility index (Phi) is 11.6. The van der Waals surface area contributed by atoms with E-state index < -0.39 is 0 Å². The predicted octanol–water partition coefficient (Wildman–Crippen LogP) is 6.21. The molecule has 0 saturated carbocycles. The minimum Gasteiger partial charge on any atom is -0.378 e. The van der Waals surface area contributed by atoms with Gasteiger partial charge in [-0.15, -0.1) is 0 Å². The second-order valence-electron chi connectivity index (χ2n) is 7.74. The van der Waals surface area contributed by atoms with Gasteiger partial charge >= 0.3 is 0 Å². The van der Waals surface area contributed by atoms with Crippen LogP contribution in [0.5, 0.6) is 0 Å². The molecule has 0 spiro atoms. The van der Waals surface area contributed by atoms with Crippen LogP contribution in [0.1, 0.15) is 56.4 Å². The summed E-state index contributed by atoms with van der Waals surface area (Å²) in [5.74, 6) is 0. The lowest BCUT2D eigenvalue weighted by Crippen LogP contribution is -2.32. The number of methoxy groups -OCH3 is 1. The number of aromatic nitrogens is 2. The van der Waals surface area contributed by atoms with Crippen LogP contribution in [0.3, 0.4) is 0 Å². The SMILES string of the molecule is CCCCCC(C)N(Cc1ccccc1)Cc1ccccc1.COCc1ccn[nH]1. The normalized spacial score (nSPS) is 11.7. The van der Waals surface area contributed by atoms with Crippen molar-refractivity contribution in [3.8, 4) is 0 Å². The summed E-state index contributed by atoms with van der Waals surface area (Å²) in [7, 11) is 1.65. The first-order valence-electron chi connectivity index (χ1n) is 11.0. The second-order valence-corrected chi connectivity index (χ2v) is 7.74. The Labute approximate surface area is 182 Å². The minimum absolute atomic E-state index is 0.611. The van der Waals surface area contributed by atoms with Crippen molar-refractivity contribution < 1.29 is 4.74 Å². The summed E-state index contributed by atoms with van der Waals surface area (Å²) in [6, 6.07) is 24.2. The van der Waals surface area contributed by atoms with Crippen LogP contribution in [0.4, 0.5) is 0 Å². The van der Waals surface area contributed by atoms with Gasteiger partial charge in [-0.3, -0.25) is 10.00 Å². The molecule has 1 atom stereocenters. The van der Waals surface area contributed by atoms with Gasteiger partial charge in [-0.25, -0.2) is 0 Å². The molecule has 2 aromatic carbocycles. The summed E-state index contributed by atoms with van der Waals surface area (Å²) in [6.07, 6.45) is 6.96. The molecule has 162 valence electrons. The third-order valence-corrected chi connectivity index (χ3v) is 5.16. The van der Waals surface area contributed by atoms with Crippen LogP contribution in [0.2, 0.25) is 0 Å². The van der Waals surface area contributed by atoms with Crippen LogP contribution >= 0.6 is 0 Å².